The summed E-state index contributed by atoms with van der Waals surface area (Å²) in [7, 11) is 0. The van der Waals surface area contributed by atoms with Crippen LogP contribution < -0.4 is 0 Å². The first-order chi connectivity index (χ1) is 6.31. The van der Waals surface area contributed by atoms with Gasteiger partial charge in [0, 0.05) is 19.0 Å². The molecule has 2 aliphatic carbocycles. The minimum absolute atomic E-state index is 0.408. The molecule has 0 aliphatic heterocycles. The highest BCUT2D eigenvalue weighted by Gasteiger charge is 2.35. The first kappa shape index (κ1) is 9.04. The Bertz CT molecular complexity index is 194. The molecule has 13 heavy (non-hydrogen) atoms. The van der Waals surface area contributed by atoms with Crippen LogP contribution in [0.2, 0.25) is 0 Å². The van der Waals surface area contributed by atoms with E-state index in [4.69, 9.17) is 0 Å². The van der Waals surface area contributed by atoms with E-state index in [0.29, 0.717) is 11.8 Å². The van der Waals surface area contributed by atoms with Gasteiger partial charge in [-0.05, 0) is 38.0 Å². The van der Waals surface area contributed by atoms with Crippen molar-refractivity contribution in [2.45, 2.75) is 39.0 Å². The van der Waals surface area contributed by atoms with E-state index < -0.39 is 0 Å². The molecule has 0 atom stereocenters. The first-order valence-electron chi connectivity index (χ1n) is 5.60. The number of rotatable bonds is 5. The van der Waals surface area contributed by atoms with Crippen molar-refractivity contribution in [2.24, 2.45) is 11.8 Å². The summed E-state index contributed by atoms with van der Waals surface area (Å²) in [6.45, 7) is 4.18. The minimum atomic E-state index is 0.408. The van der Waals surface area contributed by atoms with Crippen LogP contribution in [0.5, 0.6) is 0 Å². The zero-order chi connectivity index (χ0) is 9.26. The van der Waals surface area contributed by atoms with Gasteiger partial charge in [0.1, 0.15) is 0 Å². The van der Waals surface area contributed by atoms with Crippen molar-refractivity contribution in [1.29, 1.82) is 0 Å². The van der Waals surface area contributed by atoms with Gasteiger partial charge in [-0.15, -0.1) is 0 Å². The predicted octanol–water partition coefficient (Wildman–Crippen LogP) is 2.04. The first-order valence-corrected chi connectivity index (χ1v) is 5.60. The summed E-state index contributed by atoms with van der Waals surface area (Å²) in [4.78, 5) is 13.9. The van der Waals surface area contributed by atoms with Crippen LogP contribution in [0, 0.1) is 11.8 Å². The van der Waals surface area contributed by atoms with Gasteiger partial charge in [-0.25, -0.2) is 0 Å². The maximum atomic E-state index is 11.8. The summed E-state index contributed by atoms with van der Waals surface area (Å²) >= 11 is 0. The van der Waals surface area contributed by atoms with Crippen LogP contribution in [-0.2, 0) is 4.79 Å². The van der Waals surface area contributed by atoms with E-state index in [1.165, 1.54) is 12.8 Å². The van der Waals surface area contributed by atoms with E-state index in [9.17, 15) is 4.79 Å². The molecule has 2 aliphatic rings. The van der Waals surface area contributed by atoms with Crippen LogP contribution in [0.4, 0.5) is 0 Å². The summed E-state index contributed by atoms with van der Waals surface area (Å²) in [5.41, 5.74) is 0. The van der Waals surface area contributed by atoms with Crippen molar-refractivity contribution >= 4 is 5.91 Å². The molecule has 0 saturated heterocycles. The van der Waals surface area contributed by atoms with Crippen LogP contribution in [0.1, 0.15) is 39.0 Å². The summed E-state index contributed by atoms with van der Waals surface area (Å²) in [6, 6.07) is 0. The summed E-state index contributed by atoms with van der Waals surface area (Å²) in [5.74, 6) is 1.69. The number of hydrogen-bond acceptors (Lipinski definition) is 1. The van der Waals surface area contributed by atoms with Crippen LogP contribution in [0.25, 0.3) is 0 Å². The fourth-order valence-electron chi connectivity index (χ4n) is 1.76. The highest BCUT2D eigenvalue weighted by molar-refractivity contribution is 5.81. The Morgan fingerprint density at radius 1 is 1.31 bits per heavy atom. The fraction of sp³-hybridized carbons (Fsp3) is 0.909. The van der Waals surface area contributed by atoms with Crippen molar-refractivity contribution in [3.05, 3.63) is 0 Å². The standard InChI is InChI=1S/C11H19NO/c1-2-7-12(8-9-3-4-9)11(13)10-5-6-10/h9-10H,2-8H2,1H3. The van der Waals surface area contributed by atoms with E-state index in [-0.39, 0.29) is 0 Å². The number of amides is 1. The molecule has 2 fully saturated rings. The van der Waals surface area contributed by atoms with Gasteiger partial charge in [-0.2, -0.15) is 0 Å². The average molecular weight is 181 g/mol. The fourth-order valence-corrected chi connectivity index (χ4v) is 1.76. The van der Waals surface area contributed by atoms with Gasteiger partial charge in [-0.3, -0.25) is 4.79 Å². The summed E-state index contributed by atoms with van der Waals surface area (Å²) in [5, 5.41) is 0. The third-order valence-corrected chi connectivity index (χ3v) is 2.91. The van der Waals surface area contributed by atoms with Crippen molar-refractivity contribution in [3.8, 4) is 0 Å². The Labute approximate surface area is 80.3 Å². The Morgan fingerprint density at radius 2 is 2.00 bits per heavy atom. The Morgan fingerprint density at radius 3 is 2.46 bits per heavy atom. The lowest BCUT2D eigenvalue weighted by atomic mass is 10.3. The number of nitrogens with zero attached hydrogens (tertiary/aromatic N) is 1. The van der Waals surface area contributed by atoms with Crippen molar-refractivity contribution < 1.29 is 4.79 Å². The monoisotopic (exact) mass is 181 g/mol. The highest BCUT2D eigenvalue weighted by Crippen LogP contribution is 2.34. The molecule has 2 rings (SSSR count). The van der Waals surface area contributed by atoms with Gasteiger partial charge in [0.2, 0.25) is 5.91 Å². The largest absolute Gasteiger partial charge is 0.342 e. The summed E-state index contributed by atoms with van der Waals surface area (Å²) < 4.78 is 0. The van der Waals surface area contributed by atoms with Crippen molar-refractivity contribution in [2.75, 3.05) is 13.1 Å². The van der Waals surface area contributed by atoms with Crippen LogP contribution in [-0.4, -0.2) is 23.9 Å². The molecular formula is C11H19NO. The maximum Gasteiger partial charge on any atom is 0.225 e. The quantitative estimate of drug-likeness (QED) is 0.635. The molecule has 1 amide bonds. The molecule has 74 valence electrons. The lowest BCUT2D eigenvalue weighted by Gasteiger charge is -2.21. The third kappa shape index (κ3) is 2.45. The molecule has 0 aromatic rings. The van der Waals surface area contributed by atoms with E-state index >= 15 is 0 Å². The molecule has 0 radical (unpaired) electrons. The second-order valence-electron chi connectivity index (χ2n) is 4.50. The molecule has 2 heteroatoms. The number of carbonyl (C=O) groups excluding carboxylic acids is 1. The number of carbonyl (C=O) groups is 1. The molecule has 0 aromatic carbocycles. The van der Waals surface area contributed by atoms with Gasteiger partial charge in [0.25, 0.3) is 0 Å². The zero-order valence-corrected chi connectivity index (χ0v) is 8.46. The summed E-state index contributed by atoms with van der Waals surface area (Å²) in [6.07, 6.45) is 6.08. The van der Waals surface area contributed by atoms with Crippen LogP contribution in [0.3, 0.4) is 0 Å². The van der Waals surface area contributed by atoms with Gasteiger partial charge in [0.15, 0.2) is 0 Å². The van der Waals surface area contributed by atoms with E-state index in [2.05, 4.69) is 11.8 Å². The molecule has 0 heterocycles. The van der Waals surface area contributed by atoms with Crippen LogP contribution in [0.15, 0.2) is 0 Å². The molecule has 0 bridgehead atoms. The highest BCUT2D eigenvalue weighted by atomic mass is 16.2. The Hall–Kier alpha value is -0.530. The second kappa shape index (κ2) is 3.69. The maximum absolute atomic E-state index is 11.8. The van der Waals surface area contributed by atoms with E-state index in [1.54, 1.807) is 0 Å². The minimum Gasteiger partial charge on any atom is -0.342 e. The molecule has 2 nitrogen and oxygen atoms in total. The van der Waals surface area contributed by atoms with E-state index in [0.717, 1.165) is 38.3 Å². The van der Waals surface area contributed by atoms with Gasteiger partial charge in [0.05, 0.1) is 0 Å². The topological polar surface area (TPSA) is 20.3 Å². The smallest absolute Gasteiger partial charge is 0.225 e. The normalized spacial score (nSPS) is 21.6. The molecule has 0 aromatic heterocycles. The van der Waals surface area contributed by atoms with E-state index in [1.807, 2.05) is 0 Å². The number of hydrogen-bond donors (Lipinski definition) is 0. The average Bonchev–Trinajstić information content (AvgIpc) is 2.97. The van der Waals surface area contributed by atoms with Crippen molar-refractivity contribution in [1.82, 2.24) is 4.90 Å². The zero-order valence-electron chi connectivity index (χ0n) is 8.46. The van der Waals surface area contributed by atoms with Crippen molar-refractivity contribution in [3.63, 3.8) is 0 Å². The second-order valence-corrected chi connectivity index (χ2v) is 4.50. The lowest BCUT2D eigenvalue weighted by molar-refractivity contribution is -0.132. The molecule has 0 spiro atoms. The molecule has 2 saturated carbocycles. The van der Waals surface area contributed by atoms with Crippen LogP contribution >= 0.6 is 0 Å². The molecule has 0 unspecified atom stereocenters. The van der Waals surface area contributed by atoms with Gasteiger partial charge in [-0.1, -0.05) is 6.92 Å². The molecule has 0 N–H and O–H groups in total. The van der Waals surface area contributed by atoms with Gasteiger partial charge < -0.3 is 4.90 Å². The lowest BCUT2D eigenvalue weighted by Crippen LogP contribution is -2.34. The SMILES string of the molecule is CCCN(CC1CC1)C(=O)C1CC1. The Balaban J connectivity index is 1.82. The third-order valence-electron chi connectivity index (χ3n) is 2.91. The predicted molar refractivity (Wildman–Crippen MR) is 52.3 cm³/mol. The Kier molecular flexibility index (Phi) is 2.56. The molecular weight excluding hydrogens is 162 g/mol. The van der Waals surface area contributed by atoms with Gasteiger partial charge >= 0.3 is 0 Å².